The molecule has 0 aromatic heterocycles. The van der Waals surface area contributed by atoms with Gasteiger partial charge in [0, 0.05) is 10.5 Å². The fraction of sp³-hybridized carbons (Fsp3) is 0.667. The molecule has 110 valence electrons. The Morgan fingerprint density at radius 1 is 1.00 bits per heavy atom. The van der Waals surface area contributed by atoms with Crippen LogP contribution in [0.15, 0.2) is 16.6 Å². The van der Waals surface area contributed by atoms with Crippen LogP contribution < -0.4 is 5.32 Å². The van der Waals surface area contributed by atoms with Gasteiger partial charge >= 0.3 is 0 Å². The molecule has 0 bridgehead atoms. The summed E-state index contributed by atoms with van der Waals surface area (Å²) in [6, 6.07) is 5.17. The van der Waals surface area contributed by atoms with Crippen LogP contribution in [0.4, 0.5) is 5.69 Å². The second-order valence-electron chi connectivity index (χ2n) is 6.90. The van der Waals surface area contributed by atoms with E-state index in [9.17, 15) is 0 Å². The van der Waals surface area contributed by atoms with Gasteiger partial charge < -0.3 is 5.32 Å². The number of anilines is 1. The van der Waals surface area contributed by atoms with Crippen LogP contribution in [0.5, 0.6) is 0 Å². The lowest BCUT2D eigenvalue weighted by Gasteiger charge is -2.40. The SMILES string of the molecule is Cc1cc(C)c(NC2CCC3CCCCC3C2)c(Br)c1. The fourth-order valence-corrected chi connectivity index (χ4v) is 5.10. The summed E-state index contributed by atoms with van der Waals surface area (Å²) in [6.07, 6.45) is 10.1. The molecule has 0 spiro atoms. The summed E-state index contributed by atoms with van der Waals surface area (Å²) in [5, 5.41) is 3.83. The number of hydrogen-bond donors (Lipinski definition) is 1. The first-order valence-corrected chi connectivity index (χ1v) is 8.96. The quantitative estimate of drug-likeness (QED) is 0.716. The highest BCUT2D eigenvalue weighted by Gasteiger charge is 2.32. The Balaban J connectivity index is 1.69. The maximum atomic E-state index is 3.83. The van der Waals surface area contributed by atoms with Gasteiger partial charge in [-0.15, -0.1) is 0 Å². The van der Waals surface area contributed by atoms with Crippen LogP contribution in [0.3, 0.4) is 0 Å². The largest absolute Gasteiger partial charge is 0.381 e. The number of nitrogens with one attached hydrogen (secondary N) is 1. The standard InChI is InChI=1S/C18H26BrN/c1-12-9-13(2)18(17(19)10-12)20-16-8-7-14-5-3-4-6-15(14)11-16/h9-10,14-16,20H,3-8,11H2,1-2H3. The highest BCUT2D eigenvalue weighted by Crippen LogP contribution is 2.41. The maximum Gasteiger partial charge on any atom is 0.0516 e. The lowest BCUT2D eigenvalue weighted by atomic mass is 9.69. The first-order valence-electron chi connectivity index (χ1n) is 8.17. The molecule has 1 nitrogen and oxygen atoms in total. The van der Waals surface area contributed by atoms with Crippen LogP contribution in [-0.2, 0) is 0 Å². The molecular formula is C18H26BrN. The molecule has 2 aliphatic carbocycles. The van der Waals surface area contributed by atoms with E-state index in [-0.39, 0.29) is 0 Å². The molecular weight excluding hydrogens is 310 g/mol. The van der Waals surface area contributed by atoms with Gasteiger partial charge in [-0.1, -0.05) is 31.7 Å². The highest BCUT2D eigenvalue weighted by molar-refractivity contribution is 9.10. The molecule has 0 amide bonds. The Morgan fingerprint density at radius 2 is 1.75 bits per heavy atom. The monoisotopic (exact) mass is 335 g/mol. The molecule has 2 fully saturated rings. The van der Waals surface area contributed by atoms with Crippen molar-refractivity contribution in [3.8, 4) is 0 Å². The number of rotatable bonds is 2. The zero-order valence-corrected chi connectivity index (χ0v) is 14.3. The molecule has 0 aliphatic heterocycles. The van der Waals surface area contributed by atoms with Crippen molar-refractivity contribution in [3.63, 3.8) is 0 Å². The lowest BCUT2D eigenvalue weighted by molar-refractivity contribution is 0.162. The molecule has 2 saturated carbocycles. The minimum absolute atomic E-state index is 0.673. The van der Waals surface area contributed by atoms with Crippen molar-refractivity contribution < 1.29 is 0 Å². The summed E-state index contributed by atoms with van der Waals surface area (Å²) in [5.74, 6) is 2.02. The van der Waals surface area contributed by atoms with Gasteiger partial charge in [0.25, 0.3) is 0 Å². The Hall–Kier alpha value is -0.500. The summed E-state index contributed by atoms with van der Waals surface area (Å²) >= 11 is 3.73. The zero-order valence-electron chi connectivity index (χ0n) is 12.7. The molecule has 1 aromatic carbocycles. The van der Waals surface area contributed by atoms with E-state index < -0.39 is 0 Å². The summed E-state index contributed by atoms with van der Waals surface area (Å²) in [7, 11) is 0. The van der Waals surface area contributed by atoms with Gasteiger partial charge in [0.1, 0.15) is 0 Å². The lowest BCUT2D eigenvalue weighted by Crippen LogP contribution is -2.34. The topological polar surface area (TPSA) is 12.0 Å². The molecule has 3 rings (SSSR count). The van der Waals surface area contributed by atoms with Gasteiger partial charge in [-0.25, -0.2) is 0 Å². The summed E-state index contributed by atoms with van der Waals surface area (Å²) < 4.78 is 1.22. The molecule has 3 atom stereocenters. The molecule has 1 N–H and O–H groups in total. The third kappa shape index (κ3) is 3.05. The van der Waals surface area contributed by atoms with E-state index in [1.165, 1.54) is 66.2 Å². The summed E-state index contributed by atoms with van der Waals surface area (Å²) in [6.45, 7) is 4.38. The van der Waals surface area contributed by atoms with Crippen LogP contribution in [0.25, 0.3) is 0 Å². The number of halogens is 1. The minimum Gasteiger partial charge on any atom is -0.381 e. The van der Waals surface area contributed by atoms with Crippen molar-refractivity contribution in [2.45, 2.75) is 64.8 Å². The van der Waals surface area contributed by atoms with E-state index in [4.69, 9.17) is 0 Å². The Morgan fingerprint density at radius 3 is 2.50 bits per heavy atom. The van der Waals surface area contributed by atoms with Crippen LogP contribution in [0, 0.1) is 25.7 Å². The molecule has 1 aromatic rings. The van der Waals surface area contributed by atoms with E-state index >= 15 is 0 Å². The van der Waals surface area contributed by atoms with Crippen molar-refractivity contribution in [1.29, 1.82) is 0 Å². The predicted octanol–water partition coefficient (Wildman–Crippen LogP) is 5.84. The second-order valence-corrected chi connectivity index (χ2v) is 7.75. The van der Waals surface area contributed by atoms with Gasteiger partial charge in [0.2, 0.25) is 0 Å². The van der Waals surface area contributed by atoms with Crippen LogP contribution >= 0.6 is 15.9 Å². The molecule has 20 heavy (non-hydrogen) atoms. The van der Waals surface area contributed by atoms with Gasteiger partial charge in [0.05, 0.1) is 5.69 Å². The van der Waals surface area contributed by atoms with E-state index in [0.717, 1.165) is 11.8 Å². The Kier molecular flexibility index (Phi) is 4.40. The average molecular weight is 336 g/mol. The van der Waals surface area contributed by atoms with E-state index in [1.807, 2.05) is 0 Å². The van der Waals surface area contributed by atoms with E-state index in [1.54, 1.807) is 0 Å². The molecule has 0 radical (unpaired) electrons. The third-order valence-corrected chi connectivity index (χ3v) is 5.95. The van der Waals surface area contributed by atoms with Crippen LogP contribution in [0.1, 0.15) is 56.1 Å². The number of hydrogen-bond acceptors (Lipinski definition) is 1. The van der Waals surface area contributed by atoms with Crippen molar-refractivity contribution in [1.82, 2.24) is 0 Å². The summed E-state index contributed by atoms with van der Waals surface area (Å²) in [4.78, 5) is 0. The van der Waals surface area contributed by atoms with Crippen molar-refractivity contribution >= 4 is 21.6 Å². The minimum atomic E-state index is 0.673. The third-order valence-electron chi connectivity index (χ3n) is 5.32. The molecule has 2 heteroatoms. The molecule has 0 heterocycles. The van der Waals surface area contributed by atoms with E-state index in [0.29, 0.717) is 6.04 Å². The van der Waals surface area contributed by atoms with Crippen LogP contribution in [0.2, 0.25) is 0 Å². The fourth-order valence-electron chi connectivity index (χ4n) is 4.31. The smallest absolute Gasteiger partial charge is 0.0516 e. The van der Waals surface area contributed by atoms with Gasteiger partial charge in [-0.05, 0) is 78.1 Å². The highest BCUT2D eigenvalue weighted by atomic mass is 79.9. The summed E-state index contributed by atoms with van der Waals surface area (Å²) in [5.41, 5.74) is 4.01. The number of benzene rings is 1. The van der Waals surface area contributed by atoms with Crippen LogP contribution in [-0.4, -0.2) is 6.04 Å². The molecule has 0 saturated heterocycles. The van der Waals surface area contributed by atoms with Gasteiger partial charge in [0.15, 0.2) is 0 Å². The van der Waals surface area contributed by atoms with Gasteiger partial charge in [-0.2, -0.15) is 0 Å². The zero-order chi connectivity index (χ0) is 14.1. The van der Waals surface area contributed by atoms with Crippen molar-refractivity contribution in [2.24, 2.45) is 11.8 Å². The molecule has 2 aliphatic rings. The first-order chi connectivity index (χ1) is 9.63. The number of fused-ring (bicyclic) bond motifs is 1. The predicted molar refractivity (Wildman–Crippen MR) is 90.3 cm³/mol. The average Bonchev–Trinajstić information content (AvgIpc) is 2.42. The first kappa shape index (κ1) is 14.4. The van der Waals surface area contributed by atoms with Gasteiger partial charge in [-0.3, -0.25) is 0 Å². The normalized spacial score (nSPS) is 29.9. The van der Waals surface area contributed by atoms with Crippen molar-refractivity contribution in [3.05, 3.63) is 27.7 Å². The van der Waals surface area contributed by atoms with Crippen molar-refractivity contribution in [2.75, 3.05) is 5.32 Å². The number of aryl methyl sites for hydroxylation is 2. The molecule has 3 unspecified atom stereocenters. The van der Waals surface area contributed by atoms with E-state index in [2.05, 4.69) is 47.2 Å². The Bertz CT molecular complexity index is 459. The second kappa shape index (κ2) is 6.09. The maximum absolute atomic E-state index is 3.83. The Labute approximate surface area is 131 Å².